The van der Waals surface area contributed by atoms with E-state index in [1.54, 1.807) is 6.08 Å². The number of rotatable bonds is 7. The van der Waals surface area contributed by atoms with Crippen molar-refractivity contribution in [2.45, 2.75) is 51.2 Å². The van der Waals surface area contributed by atoms with E-state index >= 15 is 0 Å². The molecule has 1 aliphatic carbocycles. The lowest BCUT2D eigenvalue weighted by Crippen LogP contribution is -2.35. The van der Waals surface area contributed by atoms with Crippen LogP contribution < -0.4 is 10.1 Å². The minimum absolute atomic E-state index is 0.0409. The molecule has 1 fully saturated rings. The van der Waals surface area contributed by atoms with Gasteiger partial charge in [-0.1, -0.05) is 19.1 Å². The average Bonchev–Trinajstić information content (AvgIpc) is 3.04. The van der Waals surface area contributed by atoms with Crippen molar-refractivity contribution < 1.29 is 14.6 Å². The van der Waals surface area contributed by atoms with Crippen LogP contribution in [0.15, 0.2) is 30.3 Å². The van der Waals surface area contributed by atoms with Crippen molar-refractivity contribution in [2.75, 3.05) is 6.61 Å². The number of ether oxygens (including phenoxy) is 1. The first-order valence-corrected chi connectivity index (χ1v) is 8.07. The smallest absolute Gasteiger partial charge is 0.244 e. The van der Waals surface area contributed by atoms with Crippen LogP contribution in [0.2, 0.25) is 0 Å². The molecule has 1 atom stereocenters. The van der Waals surface area contributed by atoms with Crippen LogP contribution in [0.25, 0.3) is 6.08 Å². The Morgan fingerprint density at radius 3 is 2.91 bits per heavy atom. The molecule has 0 bridgehead atoms. The Bertz CT molecular complexity index is 503. The molecule has 22 heavy (non-hydrogen) atoms. The second kappa shape index (κ2) is 8.59. The van der Waals surface area contributed by atoms with Gasteiger partial charge < -0.3 is 15.2 Å². The molecule has 1 amide bonds. The molecule has 0 spiro atoms. The molecular formula is C18H25NO3. The predicted molar refractivity (Wildman–Crippen MR) is 87.7 cm³/mol. The number of carbonyl (C=O) groups is 1. The fourth-order valence-electron chi connectivity index (χ4n) is 2.59. The third-order valence-electron chi connectivity index (χ3n) is 3.95. The van der Waals surface area contributed by atoms with Gasteiger partial charge in [0.1, 0.15) is 5.75 Å². The largest absolute Gasteiger partial charge is 0.490 e. The van der Waals surface area contributed by atoms with Gasteiger partial charge in [0.2, 0.25) is 5.91 Å². The normalized spacial score (nSPS) is 16.8. The van der Waals surface area contributed by atoms with E-state index in [-0.39, 0.29) is 18.6 Å². The van der Waals surface area contributed by atoms with Crippen LogP contribution in [0.5, 0.6) is 5.75 Å². The van der Waals surface area contributed by atoms with E-state index in [2.05, 4.69) is 5.32 Å². The zero-order valence-electron chi connectivity index (χ0n) is 13.1. The van der Waals surface area contributed by atoms with Gasteiger partial charge in [-0.25, -0.2) is 0 Å². The topological polar surface area (TPSA) is 58.6 Å². The van der Waals surface area contributed by atoms with Crippen LogP contribution in [0, 0.1) is 0 Å². The van der Waals surface area contributed by atoms with Crippen LogP contribution in [-0.4, -0.2) is 29.8 Å². The maximum Gasteiger partial charge on any atom is 0.244 e. The average molecular weight is 303 g/mol. The van der Waals surface area contributed by atoms with Gasteiger partial charge in [0, 0.05) is 6.08 Å². The Labute approximate surface area is 132 Å². The highest BCUT2D eigenvalue weighted by Gasteiger charge is 2.16. The lowest BCUT2D eigenvalue weighted by Gasteiger charge is -2.13. The molecule has 1 unspecified atom stereocenters. The van der Waals surface area contributed by atoms with Crippen molar-refractivity contribution in [3.63, 3.8) is 0 Å². The van der Waals surface area contributed by atoms with E-state index in [1.807, 2.05) is 31.2 Å². The zero-order valence-corrected chi connectivity index (χ0v) is 13.1. The van der Waals surface area contributed by atoms with Crippen molar-refractivity contribution >= 4 is 12.0 Å². The van der Waals surface area contributed by atoms with Crippen LogP contribution >= 0.6 is 0 Å². The second-order valence-electron chi connectivity index (χ2n) is 5.73. The Hall–Kier alpha value is -1.81. The summed E-state index contributed by atoms with van der Waals surface area (Å²) in [6.07, 6.45) is 9.04. The van der Waals surface area contributed by atoms with Crippen LogP contribution in [-0.2, 0) is 4.79 Å². The molecule has 2 rings (SSSR count). The summed E-state index contributed by atoms with van der Waals surface area (Å²) in [6.45, 7) is 1.88. The van der Waals surface area contributed by atoms with Gasteiger partial charge in [-0.2, -0.15) is 0 Å². The number of aliphatic hydroxyl groups excluding tert-OH is 1. The van der Waals surface area contributed by atoms with E-state index in [9.17, 15) is 4.79 Å². The van der Waals surface area contributed by atoms with Crippen molar-refractivity contribution in [3.05, 3.63) is 35.9 Å². The number of nitrogens with one attached hydrogen (secondary N) is 1. The number of carbonyl (C=O) groups excluding carboxylic acids is 1. The first-order chi connectivity index (χ1) is 10.7. The minimum Gasteiger partial charge on any atom is -0.490 e. The van der Waals surface area contributed by atoms with Gasteiger partial charge >= 0.3 is 0 Å². The number of hydrogen-bond acceptors (Lipinski definition) is 3. The molecule has 0 radical (unpaired) electrons. The Morgan fingerprint density at radius 2 is 2.23 bits per heavy atom. The first kappa shape index (κ1) is 16.6. The lowest BCUT2D eigenvalue weighted by atomic mass is 10.2. The Kier molecular flexibility index (Phi) is 6.46. The third-order valence-corrected chi connectivity index (χ3v) is 3.95. The summed E-state index contributed by atoms with van der Waals surface area (Å²) in [5.74, 6) is 0.666. The summed E-state index contributed by atoms with van der Waals surface area (Å²) in [7, 11) is 0. The minimum atomic E-state index is -0.192. The van der Waals surface area contributed by atoms with Crippen molar-refractivity contribution in [1.29, 1.82) is 0 Å². The maximum absolute atomic E-state index is 11.8. The van der Waals surface area contributed by atoms with Crippen molar-refractivity contribution in [1.82, 2.24) is 5.32 Å². The maximum atomic E-state index is 11.8. The number of amides is 1. The molecule has 1 saturated carbocycles. The van der Waals surface area contributed by atoms with Gasteiger partial charge in [0.15, 0.2) is 0 Å². The zero-order chi connectivity index (χ0) is 15.8. The number of benzene rings is 1. The van der Waals surface area contributed by atoms with E-state index < -0.39 is 0 Å². The van der Waals surface area contributed by atoms with Crippen LogP contribution in [0.4, 0.5) is 0 Å². The molecule has 4 heteroatoms. The standard InChI is InChI=1S/C18H25NO3/c1-2-15(13-20)19-18(21)11-10-14-6-5-9-17(12-14)22-16-7-3-4-8-16/h5-6,9-12,15-16,20H,2-4,7-8,13H2,1H3,(H,19,21)/b11-10+. The SMILES string of the molecule is CCC(CO)NC(=O)/C=C/c1cccc(OC2CCCC2)c1. The molecule has 0 saturated heterocycles. The highest BCUT2D eigenvalue weighted by molar-refractivity contribution is 5.91. The molecule has 0 heterocycles. The molecule has 4 nitrogen and oxygen atoms in total. The molecule has 0 aromatic heterocycles. The summed E-state index contributed by atoms with van der Waals surface area (Å²) < 4.78 is 5.95. The highest BCUT2D eigenvalue weighted by Crippen LogP contribution is 2.24. The highest BCUT2D eigenvalue weighted by atomic mass is 16.5. The molecule has 2 N–H and O–H groups in total. The lowest BCUT2D eigenvalue weighted by molar-refractivity contribution is -0.117. The van der Waals surface area contributed by atoms with Gasteiger partial charge in [-0.05, 0) is 55.9 Å². The molecular weight excluding hydrogens is 278 g/mol. The molecule has 0 aliphatic heterocycles. The fourth-order valence-corrected chi connectivity index (χ4v) is 2.59. The van der Waals surface area contributed by atoms with E-state index in [4.69, 9.17) is 9.84 Å². The number of aliphatic hydroxyl groups is 1. The van der Waals surface area contributed by atoms with Gasteiger partial charge in [0.05, 0.1) is 18.8 Å². The van der Waals surface area contributed by atoms with E-state index in [1.165, 1.54) is 18.9 Å². The summed E-state index contributed by atoms with van der Waals surface area (Å²) in [5.41, 5.74) is 0.933. The molecule has 1 aliphatic rings. The quantitative estimate of drug-likeness (QED) is 0.761. The third kappa shape index (κ3) is 5.19. The Morgan fingerprint density at radius 1 is 1.45 bits per heavy atom. The predicted octanol–water partition coefficient (Wildman–Crippen LogP) is 2.91. The summed E-state index contributed by atoms with van der Waals surface area (Å²) in [6, 6.07) is 7.59. The fraction of sp³-hybridized carbons (Fsp3) is 0.500. The van der Waals surface area contributed by atoms with Crippen molar-refractivity contribution in [2.24, 2.45) is 0 Å². The summed E-state index contributed by atoms with van der Waals surface area (Å²) in [5, 5.41) is 11.8. The van der Waals surface area contributed by atoms with Crippen LogP contribution in [0.1, 0.15) is 44.6 Å². The van der Waals surface area contributed by atoms with E-state index in [0.29, 0.717) is 12.5 Å². The van der Waals surface area contributed by atoms with Crippen molar-refractivity contribution in [3.8, 4) is 5.75 Å². The summed E-state index contributed by atoms with van der Waals surface area (Å²) in [4.78, 5) is 11.8. The number of hydrogen-bond donors (Lipinski definition) is 2. The van der Waals surface area contributed by atoms with Gasteiger partial charge in [-0.3, -0.25) is 4.79 Å². The molecule has 120 valence electrons. The first-order valence-electron chi connectivity index (χ1n) is 8.07. The second-order valence-corrected chi connectivity index (χ2v) is 5.73. The van der Waals surface area contributed by atoms with Gasteiger partial charge in [0.25, 0.3) is 0 Å². The van der Waals surface area contributed by atoms with Crippen LogP contribution in [0.3, 0.4) is 0 Å². The van der Waals surface area contributed by atoms with Gasteiger partial charge in [-0.15, -0.1) is 0 Å². The molecule has 1 aromatic rings. The molecule has 1 aromatic carbocycles. The Balaban J connectivity index is 1.91. The van der Waals surface area contributed by atoms with E-state index in [0.717, 1.165) is 24.2 Å². The monoisotopic (exact) mass is 303 g/mol. The summed E-state index contributed by atoms with van der Waals surface area (Å²) >= 11 is 0.